The summed E-state index contributed by atoms with van der Waals surface area (Å²) in [5.41, 5.74) is 3.81. The van der Waals surface area contributed by atoms with Crippen LogP contribution in [0.4, 0.5) is 11.4 Å². The van der Waals surface area contributed by atoms with Gasteiger partial charge in [-0.15, -0.1) is 12.4 Å². The quantitative estimate of drug-likeness (QED) is 0.894. The van der Waals surface area contributed by atoms with Gasteiger partial charge in [0, 0.05) is 31.2 Å². The highest BCUT2D eigenvalue weighted by Gasteiger charge is 2.12. The van der Waals surface area contributed by atoms with Gasteiger partial charge >= 0.3 is 0 Å². The molecule has 0 atom stereocenters. The second kappa shape index (κ2) is 5.96. The Balaban J connectivity index is 0.00000147. The maximum atomic E-state index is 12.1. The molecule has 1 aliphatic heterocycles. The number of nitrogens with one attached hydrogen (secondary N) is 2. The van der Waals surface area contributed by atoms with Crippen molar-refractivity contribution in [2.24, 2.45) is 7.05 Å². The maximum absolute atomic E-state index is 12.1. The van der Waals surface area contributed by atoms with E-state index >= 15 is 0 Å². The van der Waals surface area contributed by atoms with Gasteiger partial charge in [-0.1, -0.05) is 0 Å². The maximum Gasteiger partial charge on any atom is 0.273 e. The molecule has 106 valence electrons. The molecule has 1 aliphatic rings. The summed E-state index contributed by atoms with van der Waals surface area (Å²) in [7, 11) is 1.76. The fourth-order valence-corrected chi connectivity index (χ4v) is 2.34. The molecule has 1 aromatic heterocycles. The van der Waals surface area contributed by atoms with E-state index in [4.69, 9.17) is 0 Å². The summed E-state index contributed by atoms with van der Waals surface area (Å²) in [5.74, 6) is -0.135. The highest BCUT2D eigenvalue weighted by molar-refractivity contribution is 6.03. The zero-order chi connectivity index (χ0) is 13.2. The third-order valence-electron chi connectivity index (χ3n) is 3.36. The molecule has 0 saturated heterocycles. The lowest BCUT2D eigenvalue weighted by Crippen LogP contribution is -2.17. The third-order valence-corrected chi connectivity index (χ3v) is 3.36. The van der Waals surface area contributed by atoms with E-state index in [0.717, 1.165) is 25.1 Å². The number of halogens is 1. The van der Waals surface area contributed by atoms with Crippen LogP contribution >= 0.6 is 12.4 Å². The van der Waals surface area contributed by atoms with Gasteiger partial charge in [-0.3, -0.25) is 9.48 Å². The fourth-order valence-electron chi connectivity index (χ4n) is 2.34. The van der Waals surface area contributed by atoms with Crippen molar-refractivity contribution in [2.75, 3.05) is 17.2 Å². The Morgan fingerprint density at radius 3 is 3.00 bits per heavy atom. The lowest BCUT2D eigenvalue weighted by Gasteiger charge is -2.18. The lowest BCUT2D eigenvalue weighted by atomic mass is 10.0. The minimum Gasteiger partial charge on any atom is -0.385 e. The Kier molecular flexibility index (Phi) is 4.29. The average Bonchev–Trinajstić information content (AvgIpc) is 2.85. The SMILES string of the molecule is Cl.Cn1nccc1C(=O)Nc1ccc2c(c1)CCCN2. The first-order chi connectivity index (χ1) is 9.24. The van der Waals surface area contributed by atoms with Gasteiger partial charge in [-0.25, -0.2) is 0 Å². The number of nitrogens with zero attached hydrogens (tertiary/aromatic N) is 2. The van der Waals surface area contributed by atoms with Gasteiger partial charge in [-0.2, -0.15) is 5.10 Å². The standard InChI is InChI=1S/C14H16N4O.ClH/c1-18-13(6-8-16-18)14(19)17-11-4-5-12-10(9-11)3-2-7-15-12;/h4-6,8-9,15H,2-3,7H2,1H3,(H,17,19);1H. The average molecular weight is 293 g/mol. The van der Waals surface area contributed by atoms with Crippen molar-refractivity contribution < 1.29 is 4.79 Å². The van der Waals surface area contributed by atoms with Gasteiger partial charge in [0.2, 0.25) is 0 Å². The molecular weight excluding hydrogens is 276 g/mol. The number of hydrogen-bond donors (Lipinski definition) is 2. The second-order valence-electron chi connectivity index (χ2n) is 4.70. The molecule has 0 aliphatic carbocycles. The van der Waals surface area contributed by atoms with E-state index in [2.05, 4.69) is 15.7 Å². The molecule has 0 saturated carbocycles. The molecule has 0 spiro atoms. The summed E-state index contributed by atoms with van der Waals surface area (Å²) in [6.45, 7) is 1.02. The smallest absolute Gasteiger partial charge is 0.273 e. The Morgan fingerprint density at radius 1 is 1.40 bits per heavy atom. The zero-order valence-corrected chi connectivity index (χ0v) is 12.0. The number of carbonyl (C=O) groups is 1. The first-order valence-electron chi connectivity index (χ1n) is 6.40. The molecule has 6 heteroatoms. The first kappa shape index (κ1) is 14.4. The number of aryl methyl sites for hydroxylation is 2. The number of rotatable bonds is 2. The highest BCUT2D eigenvalue weighted by Crippen LogP contribution is 2.25. The van der Waals surface area contributed by atoms with Crippen LogP contribution in [0.3, 0.4) is 0 Å². The highest BCUT2D eigenvalue weighted by atomic mass is 35.5. The van der Waals surface area contributed by atoms with E-state index in [9.17, 15) is 4.79 Å². The summed E-state index contributed by atoms with van der Waals surface area (Å²) in [5, 5.41) is 10.3. The zero-order valence-electron chi connectivity index (χ0n) is 11.2. The molecule has 0 bridgehead atoms. The molecule has 3 rings (SSSR count). The monoisotopic (exact) mass is 292 g/mol. The fraction of sp³-hybridized carbons (Fsp3) is 0.286. The second-order valence-corrected chi connectivity index (χ2v) is 4.70. The largest absolute Gasteiger partial charge is 0.385 e. The van der Waals surface area contributed by atoms with E-state index in [1.54, 1.807) is 24.0 Å². The minimum atomic E-state index is -0.135. The van der Waals surface area contributed by atoms with Gasteiger partial charge in [0.05, 0.1) is 0 Å². The third kappa shape index (κ3) is 2.77. The predicted molar refractivity (Wildman–Crippen MR) is 81.7 cm³/mol. The lowest BCUT2D eigenvalue weighted by molar-refractivity contribution is 0.101. The van der Waals surface area contributed by atoms with Crippen LogP contribution < -0.4 is 10.6 Å². The number of fused-ring (bicyclic) bond motifs is 1. The van der Waals surface area contributed by atoms with Gasteiger partial charge in [0.15, 0.2) is 0 Å². The molecule has 2 N–H and O–H groups in total. The summed E-state index contributed by atoms with van der Waals surface area (Å²) < 4.78 is 1.56. The van der Waals surface area contributed by atoms with Gasteiger partial charge in [0.25, 0.3) is 5.91 Å². The van der Waals surface area contributed by atoms with Crippen LogP contribution in [0.15, 0.2) is 30.5 Å². The van der Waals surface area contributed by atoms with E-state index in [1.807, 2.05) is 18.2 Å². The van der Waals surface area contributed by atoms with Crippen molar-refractivity contribution in [2.45, 2.75) is 12.8 Å². The molecule has 1 aromatic carbocycles. The molecule has 5 nitrogen and oxygen atoms in total. The van der Waals surface area contributed by atoms with Crippen LogP contribution in [-0.2, 0) is 13.5 Å². The Hall–Kier alpha value is -2.01. The summed E-state index contributed by atoms with van der Waals surface area (Å²) >= 11 is 0. The topological polar surface area (TPSA) is 59.0 Å². The van der Waals surface area contributed by atoms with Crippen molar-refractivity contribution >= 4 is 29.7 Å². The van der Waals surface area contributed by atoms with Crippen molar-refractivity contribution in [3.8, 4) is 0 Å². The number of hydrogen-bond acceptors (Lipinski definition) is 3. The Morgan fingerprint density at radius 2 is 2.25 bits per heavy atom. The summed E-state index contributed by atoms with van der Waals surface area (Å²) in [4.78, 5) is 12.1. The Bertz CT molecular complexity index is 623. The molecular formula is C14H17ClN4O. The predicted octanol–water partition coefficient (Wildman–Crippen LogP) is 2.45. The van der Waals surface area contributed by atoms with Gasteiger partial charge in [-0.05, 0) is 42.7 Å². The van der Waals surface area contributed by atoms with Crippen molar-refractivity contribution in [3.63, 3.8) is 0 Å². The molecule has 2 aromatic rings. The molecule has 0 unspecified atom stereocenters. The van der Waals surface area contributed by atoms with Crippen molar-refractivity contribution in [3.05, 3.63) is 41.7 Å². The molecule has 1 amide bonds. The number of amides is 1. The molecule has 0 radical (unpaired) electrons. The van der Waals surface area contributed by atoms with Gasteiger partial charge in [0.1, 0.15) is 5.69 Å². The van der Waals surface area contributed by atoms with Crippen LogP contribution in [-0.4, -0.2) is 22.2 Å². The first-order valence-corrected chi connectivity index (χ1v) is 6.40. The van der Waals surface area contributed by atoms with Crippen molar-refractivity contribution in [1.82, 2.24) is 9.78 Å². The van der Waals surface area contributed by atoms with Crippen LogP contribution in [0.1, 0.15) is 22.5 Å². The Labute approximate surface area is 123 Å². The van der Waals surface area contributed by atoms with Crippen LogP contribution in [0.25, 0.3) is 0 Å². The minimum absolute atomic E-state index is 0. The van der Waals surface area contributed by atoms with Crippen molar-refractivity contribution in [1.29, 1.82) is 0 Å². The number of carbonyl (C=O) groups excluding carboxylic acids is 1. The van der Waals surface area contributed by atoms with Crippen LogP contribution in [0, 0.1) is 0 Å². The normalized spacial score (nSPS) is 12.8. The number of anilines is 2. The summed E-state index contributed by atoms with van der Waals surface area (Å²) in [6.07, 6.45) is 3.80. The number of benzene rings is 1. The molecule has 20 heavy (non-hydrogen) atoms. The van der Waals surface area contributed by atoms with E-state index in [0.29, 0.717) is 5.69 Å². The molecule has 2 heterocycles. The molecule has 0 fully saturated rings. The number of aromatic nitrogens is 2. The summed E-state index contributed by atoms with van der Waals surface area (Å²) in [6, 6.07) is 7.68. The van der Waals surface area contributed by atoms with E-state index in [1.165, 1.54) is 11.3 Å². The van der Waals surface area contributed by atoms with Crippen LogP contribution in [0.5, 0.6) is 0 Å². The van der Waals surface area contributed by atoms with Crippen LogP contribution in [0.2, 0.25) is 0 Å². The van der Waals surface area contributed by atoms with Gasteiger partial charge < -0.3 is 10.6 Å². The van der Waals surface area contributed by atoms with E-state index in [-0.39, 0.29) is 18.3 Å². The van der Waals surface area contributed by atoms with E-state index < -0.39 is 0 Å².